The fourth-order valence-corrected chi connectivity index (χ4v) is 4.46. The van der Waals surface area contributed by atoms with E-state index in [1.807, 2.05) is 23.1 Å². The molecule has 2 heterocycles. The number of carbonyl (C=O) groups excluding carboxylic acids is 1. The lowest BCUT2D eigenvalue weighted by atomic mass is 10.0. The molecule has 1 saturated carbocycles. The molecule has 2 aromatic rings. The van der Waals surface area contributed by atoms with Crippen molar-refractivity contribution in [3.8, 4) is 0 Å². The van der Waals surface area contributed by atoms with Crippen LogP contribution in [0.3, 0.4) is 0 Å². The van der Waals surface area contributed by atoms with Crippen LogP contribution in [0.15, 0.2) is 29.1 Å². The van der Waals surface area contributed by atoms with Gasteiger partial charge in [-0.15, -0.1) is 0 Å². The summed E-state index contributed by atoms with van der Waals surface area (Å²) in [5.74, 6) is 1.36. The maximum Gasteiger partial charge on any atom is 0.258 e. The predicted molar refractivity (Wildman–Crippen MR) is 108 cm³/mol. The normalized spacial score (nSPS) is 20.1. The van der Waals surface area contributed by atoms with Gasteiger partial charge < -0.3 is 14.6 Å². The minimum absolute atomic E-state index is 0.0857. The number of H-pyrrole nitrogens is 1. The van der Waals surface area contributed by atoms with E-state index in [2.05, 4.69) is 9.97 Å². The van der Waals surface area contributed by atoms with Gasteiger partial charge in [-0.2, -0.15) is 0 Å². The van der Waals surface area contributed by atoms with Crippen LogP contribution in [-0.4, -0.2) is 40.0 Å². The van der Waals surface area contributed by atoms with Gasteiger partial charge in [0.25, 0.3) is 5.56 Å². The minimum Gasteiger partial charge on any atom is -0.376 e. The first kappa shape index (κ1) is 19.1. The molecule has 1 aliphatic carbocycles. The summed E-state index contributed by atoms with van der Waals surface area (Å²) in [4.78, 5) is 34.6. The van der Waals surface area contributed by atoms with E-state index in [-0.39, 0.29) is 17.6 Å². The van der Waals surface area contributed by atoms with E-state index in [0.717, 1.165) is 25.9 Å². The number of rotatable bonds is 7. The number of carbonyl (C=O) groups is 1. The van der Waals surface area contributed by atoms with Gasteiger partial charge in [0.15, 0.2) is 0 Å². The Morgan fingerprint density at radius 2 is 2.00 bits per heavy atom. The van der Waals surface area contributed by atoms with Crippen molar-refractivity contribution in [1.29, 1.82) is 0 Å². The number of fused-ring (bicyclic) bond motifs is 1. The van der Waals surface area contributed by atoms with Gasteiger partial charge >= 0.3 is 0 Å². The van der Waals surface area contributed by atoms with Gasteiger partial charge in [0.05, 0.1) is 23.6 Å². The van der Waals surface area contributed by atoms with Gasteiger partial charge in [0.1, 0.15) is 5.82 Å². The third-order valence-electron chi connectivity index (χ3n) is 6.04. The fourth-order valence-electron chi connectivity index (χ4n) is 4.46. The van der Waals surface area contributed by atoms with Crippen molar-refractivity contribution in [3.05, 3.63) is 40.4 Å². The van der Waals surface area contributed by atoms with E-state index in [1.165, 1.54) is 25.7 Å². The lowest BCUT2D eigenvalue weighted by Gasteiger charge is -2.25. The summed E-state index contributed by atoms with van der Waals surface area (Å²) in [6, 6.07) is 7.30. The van der Waals surface area contributed by atoms with E-state index >= 15 is 0 Å². The fraction of sp³-hybridized carbons (Fsp3) is 0.591. The van der Waals surface area contributed by atoms with E-state index in [1.54, 1.807) is 6.07 Å². The Bertz CT molecular complexity index is 867. The highest BCUT2D eigenvalue weighted by Crippen LogP contribution is 2.29. The molecule has 1 N–H and O–H groups in total. The van der Waals surface area contributed by atoms with Crippen molar-refractivity contribution in [2.24, 2.45) is 5.92 Å². The highest BCUT2D eigenvalue weighted by atomic mass is 16.5. The Labute approximate surface area is 165 Å². The zero-order valence-corrected chi connectivity index (χ0v) is 16.4. The molecule has 6 heteroatoms. The first-order valence-corrected chi connectivity index (χ1v) is 10.6. The van der Waals surface area contributed by atoms with E-state index in [0.29, 0.717) is 42.2 Å². The molecule has 4 rings (SSSR count). The van der Waals surface area contributed by atoms with Crippen molar-refractivity contribution in [2.75, 3.05) is 13.2 Å². The molecule has 2 fully saturated rings. The largest absolute Gasteiger partial charge is 0.376 e. The maximum absolute atomic E-state index is 13.0. The first-order chi connectivity index (χ1) is 13.7. The van der Waals surface area contributed by atoms with Gasteiger partial charge in [0.2, 0.25) is 5.91 Å². The second-order valence-electron chi connectivity index (χ2n) is 8.13. The number of aromatic amines is 1. The average Bonchev–Trinajstić information content (AvgIpc) is 3.40. The number of amides is 1. The Morgan fingerprint density at radius 1 is 1.18 bits per heavy atom. The molecule has 150 valence electrons. The van der Waals surface area contributed by atoms with Crippen LogP contribution in [0.25, 0.3) is 10.9 Å². The quantitative estimate of drug-likeness (QED) is 0.795. The van der Waals surface area contributed by atoms with Crippen LogP contribution in [0.1, 0.15) is 57.2 Å². The number of aromatic nitrogens is 2. The van der Waals surface area contributed by atoms with Crippen LogP contribution in [0.5, 0.6) is 0 Å². The van der Waals surface area contributed by atoms with Crippen molar-refractivity contribution < 1.29 is 9.53 Å². The molecule has 1 saturated heterocycles. The zero-order chi connectivity index (χ0) is 19.3. The molecule has 1 amide bonds. The predicted octanol–water partition coefficient (Wildman–Crippen LogP) is 3.40. The van der Waals surface area contributed by atoms with E-state index in [9.17, 15) is 9.59 Å². The van der Waals surface area contributed by atoms with Crippen LogP contribution in [0.4, 0.5) is 0 Å². The lowest BCUT2D eigenvalue weighted by molar-refractivity contribution is -0.133. The summed E-state index contributed by atoms with van der Waals surface area (Å²) < 4.78 is 5.76. The van der Waals surface area contributed by atoms with Gasteiger partial charge in [-0.1, -0.05) is 37.8 Å². The van der Waals surface area contributed by atoms with Gasteiger partial charge in [-0.25, -0.2) is 4.98 Å². The second-order valence-corrected chi connectivity index (χ2v) is 8.13. The summed E-state index contributed by atoms with van der Waals surface area (Å²) in [6.45, 7) is 1.66. The number of hydrogen-bond donors (Lipinski definition) is 1. The van der Waals surface area contributed by atoms with Crippen molar-refractivity contribution >= 4 is 16.8 Å². The summed E-state index contributed by atoms with van der Waals surface area (Å²) in [5.41, 5.74) is 0.507. The monoisotopic (exact) mass is 383 g/mol. The summed E-state index contributed by atoms with van der Waals surface area (Å²) in [6.07, 6.45) is 8.71. The SMILES string of the molecule is O=C(CCC1CCCC1)N(Cc1nc2ccccc2c(=O)[nH]1)CC1CCCO1. The van der Waals surface area contributed by atoms with Crippen LogP contribution < -0.4 is 5.56 Å². The van der Waals surface area contributed by atoms with Gasteiger partial charge in [-0.05, 0) is 37.3 Å². The van der Waals surface area contributed by atoms with Crippen LogP contribution in [-0.2, 0) is 16.1 Å². The molecule has 1 unspecified atom stereocenters. The minimum atomic E-state index is -0.156. The van der Waals surface area contributed by atoms with Crippen LogP contribution in [0, 0.1) is 5.92 Å². The topological polar surface area (TPSA) is 75.3 Å². The first-order valence-electron chi connectivity index (χ1n) is 10.6. The molecule has 6 nitrogen and oxygen atoms in total. The number of nitrogens with zero attached hydrogens (tertiary/aromatic N) is 2. The molecule has 0 bridgehead atoms. The standard InChI is InChI=1S/C22H29N3O3/c26-21(12-11-16-6-1-2-7-16)25(14-17-8-5-13-28-17)15-20-23-19-10-4-3-9-18(19)22(27)24-20/h3-4,9-10,16-17H,1-2,5-8,11-15H2,(H,23,24,27). The Hall–Kier alpha value is -2.21. The number of para-hydroxylation sites is 1. The highest BCUT2D eigenvalue weighted by Gasteiger charge is 2.25. The third-order valence-corrected chi connectivity index (χ3v) is 6.04. The Morgan fingerprint density at radius 3 is 2.79 bits per heavy atom. The molecule has 1 aromatic carbocycles. The Kier molecular flexibility index (Phi) is 6.05. The van der Waals surface area contributed by atoms with E-state index < -0.39 is 0 Å². The molecule has 2 aliphatic rings. The highest BCUT2D eigenvalue weighted by molar-refractivity contribution is 5.78. The summed E-state index contributed by atoms with van der Waals surface area (Å²) >= 11 is 0. The number of hydrogen-bond acceptors (Lipinski definition) is 4. The average molecular weight is 383 g/mol. The molecular formula is C22H29N3O3. The van der Waals surface area contributed by atoms with Crippen LogP contribution >= 0.6 is 0 Å². The van der Waals surface area contributed by atoms with Crippen molar-refractivity contribution in [3.63, 3.8) is 0 Å². The molecule has 0 spiro atoms. The molecule has 28 heavy (non-hydrogen) atoms. The third kappa shape index (κ3) is 4.61. The van der Waals surface area contributed by atoms with Gasteiger partial charge in [-0.3, -0.25) is 9.59 Å². The number of nitrogens with one attached hydrogen (secondary N) is 1. The second kappa shape index (κ2) is 8.86. The molecule has 1 aliphatic heterocycles. The smallest absolute Gasteiger partial charge is 0.258 e. The van der Waals surface area contributed by atoms with Crippen molar-refractivity contribution in [1.82, 2.24) is 14.9 Å². The van der Waals surface area contributed by atoms with Gasteiger partial charge in [0, 0.05) is 19.6 Å². The number of ether oxygens (including phenoxy) is 1. The molecule has 0 radical (unpaired) electrons. The molecular weight excluding hydrogens is 354 g/mol. The lowest BCUT2D eigenvalue weighted by Crippen LogP contribution is -2.38. The Balaban J connectivity index is 1.49. The van der Waals surface area contributed by atoms with Crippen LogP contribution in [0.2, 0.25) is 0 Å². The summed E-state index contributed by atoms with van der Waals surface area (Å²) in [5, 5.41) is 0.574. The molecule has 1 aromatic heterocycles. The maximum atomic E-state index is 13.0. The molecule has 1 atom stereocenters. The van der Waals surface area contributed by atoms with Crippen molar-refractivity contribution in [2.45, 2.75) is 64.0 Å². The summed E-state index contributed by atoms with van der Waals surface area (Å²) in [7, 11) is 0. The van der Waals surface area contributed by atoms with E-state index in [4.69, 9.17) is 4.74 Å². The zero-order valence-electron chi connectivity index (χ0n) is 16.4. The number of benzene rings is 1.